The van der Waals surface area contributed by atoms with Gasteiger partial charge >= 0.3 is 0 Å². The molecule has 3 heterocycles. The van der Waals surface area contributed by atoms with Crippen LogP contribution in [0, 0.1) is 5.92 Å². The van der Waals surface area contributed by atoms with Gasteiger partial charge in [0.05, 0.1) is 13.2 Å². The first kappa shape index (κ1) is 19.9. The Bertz CT molecular complexity index is 1010. The Labute approximate surface area is 175 Å². The molecule has 4 rings (SSSR count). The number of hydrogen-bond donors (Lipinski definition) is 1. The van der Waals surface area contributed by atoms with Gasteiger partial charge in [0.2, 0.25) is 5.91 Å². The Hall–Kier alpha value is -3.36. The number of benzene rings is 1. The topological polar surface area (TPSA) is 93.9 Å². The fourth-order valence-corrected chi connectivity index (χ4v) is 3.63. The number of nitrogens with one attached hydrogen (secondary N) is 1. The van der Waals surface area contributed by atoms with E-state index in [-0.39, 0.29) is 11.8 Å². The number of fused-ring (bicyclic) bond motifs is 1. The van der Waals surface area contributed by atoms with Crippen LogP contribution in [-0.4, -0.2) is 52.0 Å². The monoisotopic (exact) mass is 410 g/mol. The average molecular weight is 410 g/mol. The lowest BCUT2D eigenvalue weighted by Crippen LogP contribution is -2.38. The molecule has 0 radical (unpaired) electrons. The Balaban J connectivity index is 1.36. The third-order valence-electron chi connectivity index (χ3n) is 5.15. The van der Waals surface area contributed by atoms with Gasteiger partial charge in [-0.3, -0.25) is 4.79 Å². The minimum Gasteiger partial charge on any atom is -0.490 e. The summed E-state index contributed by atoms with van der Waals surface area (Å²) in [6.45, 7) is 6.48. The molecule has 9 nitrogen and oxygen atoms in total. The molecule has 3 aromatic rings. The highest BCUT2D eigenvalue weighted by molar-refractivity contribution is 5.93. The average Bonchev–Trinajstić information content (AvgIpc) is 3.24. The number of carbonyl (C=O) groups excluding carboxylic acids is 1. The first-order valence-corrected chi connectivity index (χ1v) is 10.3. The third kappa shape index (κ3) is 4.29. The maximum Gasteiger partial charge on any atom is 0.227 e. The van der Waals surface area contributed by atoms with Crippen molar-refractivity contribution >= 4 is 23.1 Å². The van der Waals surface area contributed by atoms with E-state index in [1.54, 1.807) is 10.8 Å². The van der Waals surface area contributed by atoms with Crippen LogP contribution in [-0.2, 0) is 4.79 Å². The fourth-order valence-electron chi connectivity index (χ4n) is 3.63. The number of nitrogens with zero attached hydrogens (tertiary/aromatic N) is 5. The number of amides is 1. The number of carbonyl (C=O) groups is 1. The number of anilines is 2. The fraction of sp³-hybridized carbons (Fsp3) is 0.429. The molecule has 1 amide bonds. The van der Waals surface area contributed by atoms with E-state index in [0.29, 0.717) is 30.4 Å². The predicted molar refractivity (Wildman–Crippen MR) is 113 cm³/mol. The number of rotatable bonds is 7. The van der Waals surface area contributed by atoms with Gasteiger partial charge < -0.3 is 19.7 Å². The number of hydrogen-bond acceptors (Lipinski definition) is 7. The second-order valence-corrected chi connectivity index (χ2v) is 7.10. The minimum absolute atomic E-state index is 0.0310. The zero-order chi connectivity index (χ0) is 20.9. The van der Waals surface area contributed by atoms with E-state index in [4.69, 9.17) is 9.47 Å². The largest absolute Gasteiger partial charge is 0.490 e. The molecule has 0 aliphatic carbocycles. The van der Waals surface area contributed by atoms with Gasteiger partial charge in [0.25, 0.3) is 0 Å². The molecule has 0 atom stereocenters. The highest BCUT2D eigenvalue weighted by Gasteiger charge is 2.26. The maximum atomic E-state index is 12.8. The van der Waals surface area contributed by atoms with Crippen LogP contribution in [0.15, 0.2) is 36.7 Å². The Morgan fingerprint density at radius 2 is 1.87 bits per heavy atom. The van der Waals surface area contributed by atoms with Crippen LogP contribution in [0.2, 0.25) is 0 Å². The molecule has 1 N–H and O–H groups in total. The molecule has 30 heavy (non-hydrogen) atoms. The SMILES string of the molecule is CCOc1ccc(NC(=O)C2CCN(c3ccc4nncn4n3)CC2)cc1OCC. The van der Waals surface area contributed by atoms with E-state index in [2.05, 4.69) is 25.5 Å². The van der Waals surface area contributed by atoms with E-state index in [1.165, 1.54) is 0 Å². The van der Waals surface area contributed by atoms with Gasteiger partial charge in [-0.15, -0.1) is 15.3 Å². The molecule has 158 valence electrons. The molecular formula is C21H26N6O3. The van der Waals surface area contributed by atoms with Crippen LogP contribution in [0.3, 0.4) is 0 Å². The molecule has 1 aromatic carbocycles. The summed E-state index contributed by atoms with van der Waals surface area (Å²) in [7, 11) is 0. The first-order valence-electron chi connectivity index (χ1n) is 10.3. The number of piperidine rings is 1. The summed E-state index contributed by atoms with van der Waals surface area (Å²) in [5.74, 6) is 2.19. The molecule has 1 aliphatic heterocycles. The van der Waals surface area contributed by atoms with E-state index >= 15 is 0 Å². The highest BCUT2D eigenvalue weighted by Crippen LogP contribution is 2.31. The van der Waals surface area contributed by atoms with Crippen molar-refractivity contribution in [3.63, 3.8) is 0 Å². The van der Waals surface area contributed by atoms with E-state index in [9.17, 15) is 4.79 Å². The second kappa shape index (κ2) is 8.98. The lowest BCUT2D eigenvalue weighted by atomic mass is 9.96. The van der Waals surface area contributed by atoms with Crippen molar-refractivity contribution < 1.29 is 14.3 Å². The predicted octanol–water partition coefficient (Wildman–Crippen LogP) is 2.78. The van der Waals surface area contributed by atoms with Gasteiger partial charge in [-0.25, -0.2) is 0 Å². The molecular weight excluding hydrogens is 384 g/mol. The summed E-state index contributed by atoms with van der Waals surface area (Å²) < 4.78 is 12.9. The van der Waals surface area contributed by atoms with Gasteiger partial charge in [0.15, 0.2) is 17.1 Å². The molecule has 9 heteroatoms. The molecule has 0 unspecified atom stereocenters. The Morgan fingerprint density at radius 1 is 1.10 bits per heavy atom. The van der Waals surface area contributed by atoms with Gasteiger partial charge in [-0.2, -0.15) is 4.52 Å². The van der Waals surface area contributed by atoms with Gasteiger partial charge in [0.1, 0.15) is 12.1 Å². The van der Waals surface area contributed by atoms with Crippen molar-refractivity contribution in [3.8, 4) is 11.5 Å². The summed E-state index contributed by atoms with van der Waals surface area (Å²) in [6.07, 6.45) is 3.12. The van der Waals surface area contributed by atoms with Gasteiger partial charge in [-0.1, -0.05) is 0 Å². The van der Waals surface area contributed by atoms with Gasteiger partial charge in [-0.05, 0) is 51.0 Å². The minimum atomic E-state index is -0.0398. The maximum absolute atomic E-state index is 12.8. The van der Waals surface area contributed by atoms with E-state index in [1.807, 2.05) is 44.2 Å². The zero-order valence-corrected chi connectivity index (χ0v) is 17.2. The summed E-state index contributed by atoms with van der Waals surface area (Å²) >= 11 is 0. The summed E-state index contributed by atoms with van der Waals surface area (Å²) in [4.78, 5) is 15.0. The molecule has 1 saturated heterocycles. The van der Waals surface area contributed by atoms with Crippen molar-refractivity contribution in [2.75, 3.05) is 36.5 Å². The smallest absolute Gasteiger partial charge is 0.227 e. The molecule has 0 spiro atoms. The van der Waals surface area contributed by atoms with Crippen LogP contribution in [0.4, 0.5) is 11.5 Å². The van der Waals surface area contributed by atoms with Crippen molar-refractivity contribution in [1.29, 1.82) is 0 Å². The van der Waals surface area contributed by atoms with E-state index in [0.717, 1.165) is 37.4 Å². The number of aromatic nitrogens is 4. The third-order valence-corrected chi connectivity index (χ3v) is 5.15. The van der Waals surface area contributed by atoms with Crippen molar-refractivity contribution in [1.82, 2.24) is 19.8 Å². The quantitative estimate of drug-likeness (QED) is 0.640. The standard InChI is InChI=1S/C21H26N6O3/c1-3-29-17-6-5-16(13-18(17)30-4-2)23-21(28)15-9-11-26(12-10-15)20-8-7-19-24-22-14-27(19)25-20/h5-8,13-15H,3-4,9-12H2,1-2H3,(H,23,28). The summed E-state index contributed by atoms with van der Waals surface area (Å²) in [6, 6.07) is 9.34. The van der Waals surface area contributed by atoms with Gasteiger partial charge in [0, 0.05) is 30.8 Å². The first-order chi connectivity index (χ1) is 14.7. The normalized spacial score (nSPS) is 14.7. The van der Waals surface area contributed by atoms with Crippen LogP contribution in [0.1, 0.15) is 26.7 Å². The molecule has 1 aliphatic rings. The molecule has 0 bridgehead atoms. The highest BCUT2D eigenvalue weighted by atomic mass is 16.5. The van der Waals surface area contributed by atoms with Crippen LogP contribution in [0.5, 0.6) is 11.5 Å². The lowest BCUT2D eigenvalue weighted by molar-refractivity contribution is -0.120. The number of ether oxygens (including phenoxy) is 2. The molecule has 0 saturated carbocycles. The van der Waals surface area contributed by atoms with Crippen LogP contribution < -0.4 is 19.7 Å². The lowest BCUT2D eigenvalue weighted by Gasteiger charge is -2.32. The Kier molecular flexibility index (Phi) is 5.97. The van der Waals surface area contributed by atoms with Crippen molar-refractivity contribution in [2.45, 2.75) is 26.7 Å². The molecule has 2 aromatic heterocycles. The van der Waals surface area contributed by atoms with Crippen LogP contribution >= 0.6 is 0 Å². The summed E-state index contributed by atoms with van der Waals surface area (Å²) in [5.41, 5.74) is 1.43. The van der Waals surface area contributed by atoms with E-state index < -0.39 is 0 Å². The van der Waals surface area contributed by atoms with Crippen molar-refractivity contribution in [3.05, 3.63) is 36.7 Å². The van der Waals surface area contributed by atoms with Crippen LogP contribution in [0.25, 0.3) is 5.65 Å². The summed E-state index contributed by atoms with van der Waals surface area (Å²) in [5, 5.41) is 15.4. The second-order valence-electron chi connectivity index (χ2n) is 7.10. The molecule has 1 fully saturated rings. The zero-order valence-electron chi connectivity index (χ0n) is 17.2. The Morgan fingerprint density at radius 3 is 2.63 bits per heavy atom. The van der Waals surface area contributed by atoms with Crippen molar-refractivity contribution in [2.24, 2.45) is 5.92 Å².